The van der Waals surface area contributed by atoms with Crippen molar-refractivity contribution >= 4 is 16.9 Å². The summed E-state index contributed by atoms with van der Waals surface area (Å²) in [6.45, 7) is 3.62. The van der Waals surface area contributed by atoms with Crippen LogP contribution < -0.4 is 4.74 Å². The van der Waals surface area contributed by atoms with E-state index in [1.807, 2.05) is 0 Å². The first-order chi connectivity index (χ1) is 10.4. The highest BCUT2D eigenvalue weighted by atomic mass is 19.3. The lowest BCUT2D eigenvalue weighted by Gasteiger charge is -2.06. The molecule has 4 nitrogen and oxygen atoms in total. The summed E-state index contributed by atoms with van der Waals surface area (Å²) >= 11 is 0. The highest BCUT2D eigenvalue weighted by Crippen LogP contribution is 2.48. The molecule has 2 aromatic rings. The Morgan fingerprint density at radius 3 is 2.82 bits per heavy atom. The number of halogens is 2. The molecule has 6 heteroatoms. The maximum absolute atomic E-state index is 12.9. The molecule has 1 aromatic carbocycles. The Balaban J connectivity index is 1.84. The van der Waals surface area contributed by atoms with Crippen molar-refractivity contribution in [1.29, 1.82) is 0 Å². The summed E-state index contributed by atoms with van der Waals surface area (Å²) in [6, 6.07) is 4.92. The number of carbonyl (C=O) groups excluding carboxylic acids is 1. The van der Waals surface area contributed by atoms with Gasteiger partial charge in [-0.3, -0.25) is 0 Å². The average molecular weight is 310 g/mol. The summed E-state index contributed by atoms with van der Waals surface area (Å²) in [6.07, 6.45) is -0.131. The number of aryl methyl sites for hydroxylation is 1. The molecule has 1 fully saturated rings. The van der Waals surface area contributed by atoms with Crippen LogP contribution in [0.3, 0.4) is 0 Å². The second-order valence-electron chi connectivity index (χ2n) is 5.38. The molecule has 3 rings (SSSR count). The Morgan fingerprint density at radius 2 is 2.18 bits per heavy atom. The van der Waals surface area contributed by atoms with E-state index in [4.69, 9.17) is 13.9 Å². The topological polar surface area (TPSA) is 48.7 Å². The van der Waals surface area contributed by atoms with E-state index in [0.717, 1.165) is 0 Å². The van der Waals surface area contributed by atoms with Crippen LogP contribution in [0, 0.1) is 12.8 Å². The second-order valence-corrected chi connectivity index (χ2v) is 5.38. The second kappa shape index (κ2) is 5.26. The number of carbonyl (C=O) groups is 1. The molecule has 0 spiro atoms. The van der Waals surface area contributed by atoms with Gasteiger partial charge in [0.05, 0.1) is 19.1 Å². The Bertz CT molecular complexity index is 720. The van der Waals surface area contributed by atoms with Gasteiger partial charge < -0.3 is 13.9 Å². The van der Waals surface area contributed by atoms with E-state index in [1.165, 1.54) is 0 Å². The number of esters is 1. The van der Waals surface area contributed by atoms with E-state index in [2.05, 4.69) is 0 Å². The molecule has 1 aliphatic carbocycles. The minimum atomic E-state index is -2.60. The van der Waals surface area contributed by atoms with Crippen molar-refractivity contribution in [2.75, 3.05) is 13.2 Å². The van der Waals surface area contributed by atoms with Crippen LogP contribution in [0.5, 0.6) is 5.75 Å². The van der Waals surface area contributed by atoms with Crippen LogP contribution in [0.4, 0.5) is 8.78 Å². The summed E-state index contributed by atoms with van der Waals surface area (Å²) < 4.78 is 41.6. The van der Waals surface area contributed by atoms with E-state index in [1.54, 1.807) is 32.0 Å². The summed E-state index contributed by atoms with van der Waals surface area (Å²) in [4.78, 5) is 12.0. The SMILES string of the molecule is CCOC(=O)c1c(C)oc2ccc(OCC3CC3(F)F)cc12. The van der Waals surface area contributed by atoms with Crippen LogP contribution in [-0.2, 0) is 4.74 Å². The number of benzene rings is 1. The molecule has 22 heavy (non-hydrogen) atoms. The van der Waals surface area contributed by atoms with Gasteiger partial charge in [0.2, 0.25) is 0 Å². The Hall–Kier alpha value is -2.11. The van der Waals surface area contributed by atoms with E-state index >= 15 is 0 Å². The van der Waals surface area contributed by atoms with Gasteiger partial charge in [-0.15, -0.1) is 0 Å². The smallest absolute Gasteiger partial charge is 0.342 e. The number of hydrogen-bond acceptors (Lipinski definition) is 4. The fraction of sp³-hybridized carbons (Fsp3) is 0.438. The molecule has 1 aromatic heterocycles. The van der Waals surface area contributed by atoms with Crippen molar-refractivity contribution in [1.82, 2.24) is 0 Å². The van der Waals surface area contributed by atoms with Gasteiger partial charge in [-0.25, -0.2) is 13.6 Å². The van der Waals surface area contributed by atoms with Gasteiger partial charge >= 0.3 is 5.97 Å². The van der Waals surface area contributed by atoms with Gasteiger partial charge in [0.15, 0.2) is 0 Å². The van der Waals surface area contributed by atoms with E-state index in [9.17, 15) is 13.6 Å². The summed E-state index contributed by atoms with van der Waals surface area (Å²) in [5, 5.41) is 0.566. The fourth-order valence-electron chi connectivity index (χ4n) is 2.39. The zero-order valence-electron chi connectivity index (χ0n) is 12.3. The number of fused-ring (bicyclic) bond motifs is 1. The number of rotatable bonds is 5. The maximum Gasteiger partial charge on any atom is 0.342 e. The summed E-state index contributed by atoms with van der Waals surface area (Å²) in [5.74, 6) is -2.91. The molecule has 0 N–H and O–H groups in total. The number of hydrogen-bond donors (Lipinski definition) is 0. The van der Waals surface area contributed by atoms with Gasteiger partial charge in [-0.1, -0.05) is 0 Å². The third-order valence-corrected chi connectivity index (χ3v) is 3.72. The largest absolute Gasteiger partial charge is 0.493 e. The van der Waals surface area contributed by atoms with Crippen molar-refractivity contribution in [2.45, 2.75) is 26.2 Å². The highest BCUT2D eigenvalue weighted by Gasteiger charge is 2.57. The highest BCUT2D eigenvalue weighted by molar-refractivity contribution is 6.04. The predicted molar refractivity (Wildman–Crippen MR) is 75.5 cm³/mol. The third-order valence-electron chi connectivity index (χ3n) is 3.72. The molecule has 1 saturated carbocycles. The molecule has 1 atom stereocenters. The number of ether oxygens (including phenoxy) is 2. The van der Waals surface area contributed by atoms with Crippen LogP contribution in [-0.4, -0.2) is 25.1 Å². The van der Waals surface area contributed by atoms with Gasteiger partial charge in [0, 0.05) is 11.8 Å². The van der Waals surface area contributed by atoms with Crippen molar-refractivity contribution in [3.8, 4) is 5.75 Å². The van der Waals surface area contributed by atoms with Gasteiger partial charge in [-0.05, 0) is 32.0 Å². The van der Waals surface area contributed by atoms with E-state index in [0.29, 0.717) is 28.0 Å². The van der Waals surface area contributed by atoms with Crippen molar-refractivity contribution in [3.05, 3.63) is 29.5 Å². The zero-order chi connectivity index (χ0) is 15.9. The van der Waals surface area contributed by atoms with Crippen molar-refractivity contribution in [2.24, 2.45) is 5.92 Å². The molecule has 0 saturated heterocycles. The molecule has 0 aliphatic heterocycles. The predicted octanol–water partition coefficient (Wildman–Crippen LogP) is 3.95. The molecule has 1 aliphatic rings. The van der Waals surface area contributed by atoms with Crippen LogP contribution in [0.1, 0.15) is 29.5 Å². The molecule has 0 bridgehead atoms. The lowest BCUT2D eigenvalue weighted by molar-refractivity contribution is 0.0526. The maximum atomic E-state index is 12.9. The zero-order valence-corrected chi connectivity index (χ0v) is 12.3. The van der Waals surface area contributed by atoms with Crippen molar-refractivity contribution < 1.29 is 27.5 Å². The molecule has 118 valence electrons. The minimum absolute atomic E-state index is 0.0376. The van der Waals surface area contributed by atoms with E-state index < -0.39 is 17.8 Å². The van der Waals surface area contributed by atoms with Crippen LogP contribution in [0.2, 0.25) is 0 Å². The monoisotopic (exact) mass is 310 g/mol. The first-order valence-electron chi connectivity index (χ1n) is 7.13. The summed E-state index contributed by atoms with van der Waals surface area (Å²) in [7, 11) is 0. The lowest BCUT2D eigenvalue weighted by Crippen LogP contribution is -2.06. The average Bonchev–Trinajstić information content (AvgIpc) is 2.92. The third kappa shape index (κ3) is 2.65. The normalized spacial score (nSPS) is 19.2. The van der Waals surface area contributed by atoms with Crippen molar-refractivity contribution in [3.63, 3.8) is 0 Å². The van der Waals surface area contributed by atoms with Gasteiger partial charge in [0.25, 0.3) is 5.92 Å². The number of alkyl halides is 2. The molecule has 1 heterocycles. The van der Waals surface area contributed by atoms with Crippen LogP contribution >= 0.6 is 0 Å². The molecule has 0 amide bonds. The van der Waals surface area contributed by atoms with Crippen LogP contribution in [0.25, 0.3) is 11.0 Å². The lowest BCUT2D eigenvalue weighted by atomic mass is 10.1. The first-order valence-corrected chi connectivity index (χ1v) is 7.13. The van der Waals surface area contributed by atoms with Gasteiger partial charge in [0.1, 0.15) is 22.7 Å². The molecular weight excluding hydrogens is 294 g/mol. The fourth-order valence-corrected chi connectivity index (χ4v) is 2.39. The van der Waals surface area contributed by atoms with Gasteiger partial charge in [-0.2, -0.15) is 0 Å². The Kier molecular flexibility index (Phi) is 3.54. The minimum Gasteiger partial charge on any atom is -0.493 e. The molecule has 1 unspecified atom stereocenters. The molecule has 0 radical (unpaired) electrons. The standard InChI is InChI=1S/C16H16F2O4/c1-3-20-15(19)14-9(2)22-13-5-4-11(6-12(13)14)21-8-10-7-16(10,17)18/h4-6,10H,3,7-8H2,1-2H3. The molecular formula is C16H16F2O4. The Morgan fingerprint density at radius 1 is 1.45 bits per heavy atom. The quantitative estimate of drug-likeness (QED) is 0.785. The number of furan rings is 1. The van der Waals surface area contributed by atoms with Crippen LogP contribution in [0.15, 0.2) is 22.6 Å². The van der Waals surface area contributed by atoms with E-state index in [-0.39, 0.29) is 19.6 Å². The first kappa shape index (κ1) is 14.8. The Labute approximate surface area is 126 Å². The summed E-state index contributed by atoms with van der Waals surface area (Å²) in [5.41, 5.74) is 0.878.